The van der Waals surface area contributed by atoms with Crippen LogP contribution < -0.4 is 5.32 Å². The lowest BCUT2D eigenvalue weighted by molar-refractivity contribution is -0.148. The fourth-order valence-corrected chi connectivity index (χ4v) is 3.11. The molecule has 0 fully saturated rings. The summed E-state index contributed by atoms with van der Waals surface area (Å²) < 4.78 is 5.22. The number of anilines is 1. The summed E-state index contributed by atoms with van der Waals surface area (Å²) in [6, 6.07) is 25.0. The highest BCUT2D eigenvalue weighted by atomic mass is 16.5. The Morgan fingerprint density at radius 1 is 0.900 bits per heavy atom. The van der Waals surface area contributed by atoms with Crippen molar-refractivity contribution in [2.24, 2.45) is 0 Å². The molecule has 5 heteroatoms. The second-order valence-electron chi connectivity index (χ2n) is 6.89. The van der Waals surface area contributed by atoms with Crippen LogP contribution in [0.2, 0.25) is 0 Å². The number of rotatable bonds is 5. The van der Waals surface area contributed by atoms with Crippen LogP contribution in [0.25, 0.3) is 27.8 Å². The average Bonchev–Trinajstić information content (AvgIpc) is 2.77. The summed E-state index contributed by atoms with van der Waals surface area (Å²) in [7, 11) is 0. The fraction of sp³-hybridized carbons (Fsp3) is 0.0800. The second kappa shape index (κ2) is 8.57. The van der Waals surface area contributed by atoms with Crippen molar-refractivity contribution >= 4 is 45.3 Å². The predicted molar refractivity (Wildman–Crippen MR) is 119 cm³/mol. The Morgan fingerprint density at radius 3 is 2.43 bits per heavy atom. The Balaban J connectivity index is 1.36. The first-order chi connectivity index (χ1) is 14.6. The third-order valence-corrected chi connectivity index (χ3v) is 4.69. The quantitative estimate of drug-likeness (QED) is 0.382. The number of ether oxygens (including phenoxy) is 1. The number of para-hydroxylation sites is 1. The highest BCUT2D eigenvalue weighted by molar-refractivity contribution is 5.98. The van der Waals surface area contributed by atoms with E-state index in [1.165, 1.54) is 13.0 Å². The molecule has 30 heavy (non-hydrogen) atoms. The molecule has 1 aromatic heterocycles. The standard InChI is InChI=1S/C25H20N2O3/c1-17(25(29)27-22-13-10-18-6-2-3-8-20(18)16-22)30-24(28)15-14-21-12-11-19-7-4-5-9-23(19)26-21/h2-17H,1H3,(H,27,29)/b15-14+. The number of nitrogens with one attached hydrogen (secondary N) is 1. The molecule has 148 valence electrons. The van der Waals surface area contributed by atoms with Crippen molar-refractivity contribution in [3.8, 4) is 0 Å². The van der Waals surface area contributed by atoms with Gasteiger partial charge in [0, 0.05) is 17.1 Å². The summed E-state index contributed by atoms with van der Waals surface area (Å²) in [6.07, 6.45) is 1.91. The Kier molecular flexibility index (Phi) is 5.52. The molecule has 0 aliphatic carbocycles. The zero-order valence-electron chi connectivity index (χ0n) is 16.4. The first kappa shape index (κ1) is 19.3. The summed E-state index contributed by atoms with van der Waals surface area (Å²) in [6.45, 7) is 1.54. The first-order valence-corrected chi connectivity index (χ1v) is 9.63. The van der Waals surface area contributed by atoms with Crippen LogP contribution in [0.5, 0.6) is 0 Å². The fourth-order valence-electron chi connectivity index (χ4n) is 3.11. The lowest BCUT2D eigenvalue weighted by Gasteiger charge is -2.13. The van der Waals surface area contributed by atoms with Crippen LogP contribution in [0.15, 0.2) is 84.9 Å². The molecule has 0 aliphatic rings. The van der Waals surface area contributed by atoms with E-state index in [1.807, 2.05) is 78.9 Å². The molecule has 0 saturated heterocycles. The van der Waals surface area contributed by atoms with Gasteiger partial charge in [-0.1, -0.05) is 54.6 Å². The number of nitrogens with zero attached hydrogens (tertiary/aromatic N) is 1. The van der Waals surface area contributed by atoms with Gasteiger partial charge in [0.05, 0.1) is 11.2 Å². The maximum Gasteiger partial charge on any atom is 0.331 e. The first-order valence-electron chi connectivity index (χ1n) is 9.63. The number of benzene rings is 3. The third-order valence-electron chi connectivity index (χ3n) is 4.69. The van der Waals surface area contributed by atoms with Crippen molar-refractivity contribution in [2.45, 2.75) is 13.0 Å². The molecule has 1 unspecified atom stereocenters. The summed E-state index contributed by atoms with van der Waals surface area (Å²) in [4.78, 5) is 29.0. The van der Waals surface area contributed by atoms with Gasteiger partial charge < -0.3 is 10.1 Å². The van der Waals surface area contributed by atoms with Crippen LogP contribution in [0.1, 0.15) is 12.6 Å². The van der Waals surface area contributed by atoms with Crippen LogP contribution in [-0.4, -0.2) is 23.0 Å². The molecule has 0 spiro atoms. The van der Waals surface area contributed by atoms with Crippen LogP contribution >= 0.6 is 0 Å². The van der Waals surface area contributed by atoms with Gasteiger partial charge in [-0.25, -0.2) is 9.78 Å². The second-order valence-corrected chi connectivity index (χ2v) is 6.89. The molecule has 1 N–H and O–H groups in total. The summed E-state index contributed by atoms with van der Waals surface area (Å²) in [5.74, 6) is -0.998. The molecule has 0 saturated carbocycles. The maximum absolute atomic E-state index is 12.4. The molecule has 0 aliphatic heterocycles. The summed E-state index contributed by atoms with van der Waals surface area (Å²) >= 11 is 0. The highest BCUT2D eigenvalue weighted by Gasteiger charge is 2.16. The molecule has 5 nitrogen and oxygen atoms in total. The van der Waals surface area contributed by atoms with Gasteiger partial charge in [-0.05, 0) is 48.0 Å². The van der Waals surface area contributed by atoms with Gasteiger partial charge in [0.2, 0.25) is 0 Å². The molecule has 4 rings (SSSR count). The van der Waals surface area contributed by atoms with Gasteiger partial charge in [-0.2, -0.15) is 0 Å². The molecule has 1 atom stereocenters. The Bertz CT molecular complexity index is 1260. The van der Waals surface area contributed by atoms with E-state index in [4.69, 9.17) is 4.74 Å². The number of carbonyl (C=O) groups is 2. The van der Waals surface area contributed by atoms with Gasteiger partial charge in [0.25, 0.3) is 5.91 Å². The van der Waals surface area contributed by atoms with Crippen LogP contribution in [0.3, 0.4) is 0 Å². The van der Waals surface area contributed by atoms with E-state index >= 15 is 0 Å². The van der Waals surface area contributed by atoms with E-state index in [2.05, 4.69) is 10.3 Å². The minimum atomic E-state index is -0.932. The van der Waals surface area contributed by atoms with Gasteiger partial charge in [-0.15, -0.1) is 0 Å². The minimum Gasteiger partial charge on any atom is -0.449 e. The van der Waals surface area contributed by atoms with E-state index in [0.717, 1.165) is 21.7 Å². The smallest absolute Gasteiger partial charge is 0.331 e. The average molecular weight is 396 g/mol. The zero-order chi connectivity index (χ0) is 20.9. The maximum atomic E-state index is 12.4. The van der Waals surface area contributed by atoms with Crippen LogP contribution in [-0.2, 0) is 14.3 Å². The normalized spacial score (nSPS) is 12.2. The number of hydrogen-bond acceptors (Lipinski definition) is 4. The van der Waals surface area contributed by atoms with E-state index in [0.29, 0.717) is 11.4 Å². The van der Waals surface area contributed by atoms with Gasteiger partial charge in [0.1, 0.15) is 0 Å². The molecule has 0 radical (unpaired) electrons. The summed E-state index contributed by atoms with van der Waals surface area (Å²) in [5.41, 5.74) is 2.13. The lowest BCUT2D eigenvalue weighted by atomic mass is 10.1. The molecule has 1 amide bonds. The number of aromatic nitrogens is 1. The predicted octanol–water partition coefficient (Wildman–Crippen LogP) is 4.97. The van der Waals surface area contributed by atoms with E-state index < -0.39 is 18.0 Å². The number of esters is 1. The van der Waals surface area contributed by atoms with Crippen molar-refractivity contribution in [1.82, 2.24) is 4.98 Å². The number of amides is 1. The molecular weight excluding hydrogens is 376 g/mol. The van der Waals surface area contributed by atoms with Crippen LogP contribution in [0, 0.1) is 0 Å². The lowest BCUT2D eigenvalue weighted by Crippen LogP contribution is -2.29. The van der Waals surface area contributed by atoms with E-state index in [1.54, 1.807) is 6.08 Å². The Morgan fingerprint density at radius 2 is 1.60 bits per heavy atom. The molecule has 4 aromatic rings. The minimum absolute atomic E-state index is 0.393. The SMILES string of the molecule is CC(OC(=O)/C=C/c1ccc2ccccc2n1)C(=O)Nc1ccc2ccccc2c1. The summed E-state index contributed by atoms with van der Waals surface area (Å²) in [5, 5.41) is 5.91. The number of carbonyl (C=O) groups excluding carboxylic acids is 2. The zero-order valence-corrected chi connectivity index (χ0v) is 16.4. The number of pyridine rings is 1. The van der Waals surface area contributed by atoms with Crippen molar-refractivity contribution in [1.29, 1.82) is 0 Å². The van der Waals surface area contributed by atoms with Gasteiger partial charge >= 0.3 is 5.97 Å². The van der Waals surface area contributed by atoms with Crippen molar-refractivity contribution < 1.29 is 14.3 Å². The third kappa shape index (κ3) is 4.52. The van der Waals surface area contributed by atoms with Gasteiger partial charge in [0.15, 0.2) is 6.10 Å². The Hall–Kier alpha value is -3.99. The molecular formula is C25H20N2O3. The number of hydrogen-bond donors (Lipinski definition) is 1. The van der Waals surface area contributed by atoms with E-state index in [9.17, 15) is 9.59 Å². The molecule has 1 heterocycles. The molecule has 3 aromatic carbocycles. The van der Waals surface area contributed by atoms with E-state index in [-0.39, 0.29) is 0 Å². The highest BCUT2D eigenvalue weighted by Crippen LogP contribution is 2.19. The Labute approximate surface area is 174 Å². The monoisotopic (exact) mass is 396 g/mol. The topological polar surface area (TPSA) is 68.3 Å². The van der Waals surface area contributed by atoms with Crippen molar-refractivity contribution in [2.75, 3.05) is 5.32 Å². The van der Waals surface area contributed by atoms with Crippen molar-refractivity contribution in [3.63, 3.8) is 0 Å². The van der Waals surface area contributed by atoms with Crippen LogP contribution in [0.4, 0.5) is 5.69 Å². The number of fused-ring (bicyclic) bond motifs is 2. The molecule has 0 bridgehead atoms. The van der Waals surface area contributed by atoms with Gasteiger partial charge in [-0.3, -0.25) is 4.79 Å². The van der Waals surface area contributed by atoms with Crippen molar-refractivity contribution in [3.05, 3.63) is 90.6 Å². The largest absolute Gasteiger partial charge is 0.449 e.